The van der Waals surface area contributed by atoms with Crippen LogP contribution in [0.25, 0.3) is 44.5 Å². The van der Waals surface area contributed by atoms with Gasteiger partial charge in [0.25, 0.3) is 0 Å². The number of anilines is 3. The highest BCUT2D eigenvalue weighted by Gasteiger charge is 2.56. The number of hydrogen-bond donors (Lipinski definition) is 0. The molecule has 3 heteroatoms. The number of hydrogen-bond acceptors (Lipinski definition) is 1. The van der Waals surface area contributed by atoms with E-state index in [-0.39, 0.29) is 6.71 Å². The first-order valence-corrected chi connectivity index (χ1v) is 26.5. The van der Waals surface area contributed by atoms with Crippen molar-refractivity contribution in [2.75, 3.05) is 4.90 Å². The number of aryl methyl sites for hydroxylation is 6. The van der Waals surface area contributed by atoms with E-state index in [9.17, 15) is 0 Å². The molecule has 2 heterocycles. The third-order valence-corrected chi connectivity index (χ3v) is 20.3. The molecule has 0 radical (unpaired) electrons. The summed E-state index contributed by atoms with van der Waals surface area (Å²) in [5.74, 6) is 0. The Labute approximate surface area is 409 Å². The van der Waals surface area contributed by atoms with Crippen LogP contribution in [0.2, 0.25) is 0 Å². The minimum atomic E-state index is -2.94. The van der Waals surface area contributed by atoms with Gasteiger partial charge in [0.1, 0.15) is 0 Å². The molecule has 0 aliphatic carbocycles. The molecule has 0 fully saturated rings. The lowest BCUT2D eigenvalue weighted by Gasteiger charge is -2.31. The standard InChI is InChI=1S/C66H54BNSi/c1-43-39-45(3)63(46(4)40-43)67(64-47(5)41-44(2)42-48(64)6)51-35-31-49(32-36-51)55-25-17-27-59-57-23-13-15-29-61(57)69(65(55)59)62-30-16-14-24-58(62)60-28-18-26-56(66(60)69)50-33-37-54(38-34-50)68(52-19-9-7-10-20-52)53-21-11-8-12-22-53/h7-42H,1-6H3. The van der Waals surface area contributed by atoms with Crippen molar-refractivity contribution < 1.29 is 0 Å². The van der Waals surface area contributed by atoms with Crippen molar-refractivity contribution in [2.45, 2.75) is 41.5 Å². The smallest absolute Gasteiger partial charge is 0.242 e. The van der Waals surface area contributed by atoms with Crippen molar-refractivity contribution in [3.8, 4) is 44.5 Å². The van der Waals surface area contributed by atoms with Crippen LogP contribution in [-0.2, 0) is 0 Å². The molecule has 330 valence electrons. The topological polar surface area (TPSA) is 3.24 Å². The number of nitrogens with zero attached hydrogens (tertiary/aromatic N) is 1. The van der Waals surface area contributed by atoms with Gasteiger partial charge in [-0.15, -0.1) is 0 Å². The Kier molecular flexibility index (Phi) is 10.4. The number of para-hydroxylation sites is 2. The Hall–Kier alpha value is -7.72. The largest absolute Gasteiger partial charge is 0.311 e. The maximum atomic E-state index is 2.46. The minimum Gasteiger partial charge on any atom is -0.311 e. The van der Waals surface area contributed by atoms with Crippen molar-refractivity contribution in [1.29, 1.82) is 0 Å². The second-order valence-corrected chi connectivity index (χ2v) is 23.1. The van der Waals surface area contributed by atoms with Gasteiger partial charge in [0.2, 0.25) is 6.71 Å². The van der Waals surface area contributed by atoms with Gasteiger partial charge in [0.05, 0.1) is 0 Å². The van der Waals surface area contributed by atoms with Crippen LogP contribution in [0.4, 0.5) is 17.1 Å². The van der Waals surface area contributed by atoms with E-state index in [0.29, 0.717) is 0 Å². The van der Waals surface area contributed by atoms with E-state index in [1.807, 2.05) is 0 Å². The second-order valence-electron chi connectivity index (χ2n) is 19.5. The lowest BCUT2D eigenvalue weighted by Crippen LogP contribution is -2.71. The van der Waals surface area contributed by atoms with E-state index in [1.54, 1.807) is 0 Å². The van der Waals surface area contributed by atoms with E-state index < -0.39 is 8.07 Å². The zero-order valence-corrected chi connectivity index (χ0v) is 41.3. The Morgan fingerprint density at radius 1 is 0.319 bits per heavy atom. The summed E-state index contributed by atoms with van der Waals surface area (Å²) < 4.78 is 0. The van der Waals surface area contributed by atoms with Gasteiger partial charge >= 0.3 is 0 Å². The molecule has 0 saturated heterocycles. The summed E-state index contributed by atoms with van der Waals surface area (Å²) in [5.41, 5.74) is 26.2. The van der Waals surface area contributed by atoms with Gasteiger partial charge < -0.3 is 4.90 Å². The van der Waals surface area contributed by atoms with Crippen molar-refractivity contribution in [2.24, 2.45) is 0 Å². The van der Waals surface area contributed by atoms with Gasteiger partial charge in [0.15, 0.2) is 8.07 Å². The Morgan fingerprint density at radius 3 is 1.10 bits per heavy atom. The molecule has 1 atom stereocenters. The van der Waals surface area contributed by atoms with Crippen LogP contribution in [0.1, 0.15) is 33.4 Å². The second kappa shape index (κ2) is 16.8. The molecule has 0 aromatic heterocycles. The Bertz CT molecular complexity index is 3460. The average Bonchev–Trinajstić information content (AvgIpc) is 3.84. The molecular formula is C66H54BNSi. The number of fused-ring (bicyclic) bond motifs is 10. The highest BCUT2D eigenvalue weighted by molar-refractivity contribution is 7.25. The fraction of sp³-hybridized carbons (Fsp3) is 0.0909. The van der Waals surface area contributed by atoms with Crippen LogP contribution in [0.5, 0.6) is 0 Å². The summed E-state index contributed by atoms with van der Waals surface area (Å²) in [6.45, 7) is 13.7. The van der Waals surface area contributed by atoms with Gasteiger partial charge in [-0.05, 0) is 143 Å². The first-order chi connectivity index (χ1) is 33.7. The summed E-state index contributed by atoms with van der Waals surface area (Å²) in [6.07, 6.45) is 0. The summed E-state index contributed by atoms with van der Waals surface area (Å²) >= 11 is 0. The van der Waals surface area contributed by atoms with Crippen molar-refractivity contribution in [1.82, 2.24) is 0 Å². The van der Waals surface area contributed by atoms with E-state index in [4.69, 9.17) is 0 Å². The van der Waals surface area contributed by atoms with Crippen molar-refractivity contribution in [3.63, 3.8) is 0 Å². The monoisotopic (exact) mass is 899 g/mol. The van der Waals surface area contributed by atoms with Crippen LogP contribution in [0, 0.1) is 41.5 Å². The molecule has 69 heavy (non-hydrogen) atoms. The molecule has 0 N–H and O–H groups in total. The van der Waals surface area contributed by atoms with Gasteiger partial charge in [-0.1, -0.05) is 232 Å². The molecular weight excluding hydrogens is 846 g/mol. The minimum absolute atomic E-state index is 0.113. The third kappa shape index (κ3) is 6.74. The molecule has 1 spiro atoms. The summed E-state index contributed by atoms with van der Waals surface area (Å²) in [6, 6.07) is 82.8. The molecule has 1 nitrogen and oxygen atoms in total. The van der Waals surface area contributed by atoms with Crippen LogP contribution in [0.15, 0.2) is 218 Å². The SMILES string of the molecule is Cc1cc(C)c(B(c2ccc(-c3cccc4c3[Si]3(c5ccccc5-4)c4ccccc4-c4cccc(-c5ccc(N(c6ccccc6)c6ccccc6)cc5)c43)cc2)c2c(C)cc(C)cc2C)c(C)c1. The maximum absolute atomic E-state index is 2.94. The molecule has 10 aromatic carbocycles. The highest BCUT2D eigenvalue weighted by atomic mass is 28.3. The van der Waals surface area contributed by atoms with Crippen molar-refractivity contribution in [3.05, 3.63) is 252 Å². The Balaban J connectivity index is 1.05. The van der Waals surface area contributed by atoms with E-state index in [1.165, 1.54) is 115 Å². The van der Waals surface area contributed by atoms with Gasteiger partial charge in [-0.3, -0.25) is 0 Å². The zero-order valence-electron chi connectivity index (χ0n) is 40.3. The van der Waals surface area contributed by atoms with Crippen molar-refractivity contribution >= 4 is 69.0 Å². The van der Waals surface area contributed by atoms with Gasteiger partial charge in [0, 0.05) is 17.1 Å². The number of benzene rings is 10. The first kappa shape index (κ1) is 42.6. The maximum Gasteiger partial charge on any atom is 0.242 e. The third-order valence-electron chi connectivity index (χ3n) is 15.2. The fourth-order valence-corrected chi connectivity index (χ4v) is 18.8. The summed E-state index contributed by atoms with van der Waals surface area (Å²) in [7, 11) is -2.94. The lowest BCUT2D eigenvalue weighted by molar-refractivity contribution is 1.28. The molecule has 0 bridgehead atoms. The average molecular weight is 900 g/mol. The van der Waals surface area contributed by atoms with E-state index in [2.05, 4.69) is 265 Å². The summed E-state index contributed by atoms with van der Waals surface area (Å²) in [5, 5.41) is 5.96. The lowest BCUT2D eigenvalue weighted by atomic mass is 9.34. The molecule has 2 aliphatic heterocycles. The molecule has 0 amide bonds. The predicted molar refractivity (Wildman–Crippen MR) is 300 cm³/mol. The molecule has 1 unspecified atom stereocenters. The molecule has 2 aliphatic rings. The zero-order chi connectivity index (χ0) is 47.0. The molecule has 12 rings (SSSR count). The fourth-order valence-electron chi connectivity index (χ4n) is 12.8. The Morgan fingerprint density at radius 2 is 0.667 bits per heavy atom. The normalized spacial score (nSPS) is 14.0. The van der Waals surface area contributed by atoms with E-state index in [0.717, 1.165) is 17.1 Å². The van der Waals surface area contributed by atoms with Crippen LogP contribution in [0.3, 0.4) is 0 Å². The quantitative estimate of drug-likeness (QED) is 0.137. The number of rotatable bonds is 8. The van der Waals surface area contributed by atoms with Gasteiger partial charge in [-0.2, -0.15) is 0 Å². The van der Waals surface area contributed by atoms with Gasteiger partial charge in [-0.25, -0.2) is 0 Å². The van der Waals surface area contributed by atoms with Crippen LogP contribution >= 0.6 is 0 Å². The highest BCUT2D eigenvalue weighted by Crippen LogP contribution is 2.42. The van der Waals surface area contributed by atoms with Crippen LogP contribution in [-0.4, -0.2) is 14.8 Å². The van der Waals surface area contributed by atoms with Crippen LogP contribution < -0.4 is 42.0 Å². The first-order valence-electron chi connectivity index (χ1n) is 24.5. The summed E-state index contributed by atoms with van der Waals surface area (Å²) in [4.78, 5) is 2.35. The molecule has 0 saturated carbocycles. The predicted octanol–water partition coefficient (Wildman–Crippen LogP) is 12.2. The van der Waals surface area contributed by atoms with E-state index >= 15 is 0 Å². The molecule has 10 aromatic rings.